The Balaban J connectivity index is 0.00000312. The normalized spacial score (nSPS) is 17.8. The topological polar surface area (TPSA) is 53.0 Å². The number of guanidine groups is 1. The second kappa shape index (κ2) is 11.5. The number of unbranched alkanes of at least 4 members (excludes halogenated alkanes) is 1. The third-order valence-electron chi connectivity index (χ3n) is 4.25. The average molecular weight is 461 g/mol. The molecule has 1 saturated heterocycles. The molecule has 0 radical (unpaired) electrons. The van der Waals surface area contributed by atoms with Crippen LogP contribution in [0.1, 0.15) is 32.3 Å². The number of aliphatic imine (C=N–C) groups is 1. The fourth-order valence-corrected chi connectivity index (χ4v) is 2.84. The van der Waals surface area contributed by atoms with Crippen LogP contribution in [0.2, 0.25) is 0 Å². The zero-order valence-electron chi connectivity index (χ0n) is 15.9. The number of hydrogen-bond acceptors (Lipinski definition) is 4. The maximum absolute atomic E-state index is 5.61. The molecule has 1 fully saturated rings. The monoisotopic (exact) mass is 461 g/mol. The minimum absolute atomic E-state index is 0. The van der Waals surface area contributed by atoms with E-state index in [4.69, 9.17) is 4.74 Å². The van der Waals surface area contributed by atoms with E-state index in [2.05, 4.69) is 58.1 Å². The van der Waals surface area contributed by atoms with Gasteiger partial charge in [0.25, 0.3) is 0 Å². The smallest absolute Gasteiger partial charge is 0.193 e. The minimum atomic E-state index is 0. The SMILES string of the molecule is CCCCN(C)C(=NC)NCc1ccnc(N2CCOC(C)C2)c1.I. The van der Waals surface area contributed by atoms with Gasteiger partial charge in [-0.25, -0.2) is 4.98 Å². The molecule has 1 atom stereocenters. The Morgan fingerprint density at radius 3 is 3.00 bits per heavy atom. The van der Waals surface area contributed by atoms with Crippen LogP contribution < -0.4 is 10.2 Å². The molecule has 0 amide bonds. The first kappa shape index (κ1) is 22.0. The summed E-state index contributed by atoms with van der Waals surface area (Å²) in [5.41, 5.74) is 1.21. The largest absolute Gasteiger partial charge is 0.375 e. The van der Waals surface area contributed by atoms with Crippen molar-refractivity contribution in [3.63, 3.8) is 0 Å². The summed E-state index contributed by atoms with van der Waals surface area (Å²) in [5.74, 6) is 1.96. The molecule has 0 bridgehead atoms. The zero-order valence-corrected chi connectivity index (χ0v) is 18.2. The summed E-state index contributed by atoms with van der Waals surface area (Å²) in [7, 11) is 3.91. The van der Waals surface area contributed by atoms with Gasteiger partial charge in [0.15, 0.2) is 5.96 Å². The van der Waals surface area contributed by atoms with E-state index >= 15 is 0 Å². The van der Waals surface area contributed by atoms with Crippen LogP contribution in [0.5, 0.6) is 0 Å². The van der Waals surface area contributed by atoms with Gasteiger partial charge in [0.1, 0.15) is 5.82 Å². The molecule has 0 spiro atoms. The lowest BCUT2D eigenvalue weighted by atomic mass is 10.2. The predicted octanol–water partition coefficient (Wildman–Crippen LogP) is 2.73. The van der Waals surface area contributed by atoms with Gasteiger partial charge in [0.2, 0.25) is 0 Å². The third-order valence-corrected chi connectivity index (χ3v) is 4.25. The Morgan fingerprint density at radius 1 is 1.52 bits per heavy atom. The van der Waals surface area contributed by atoms with Crippen LogP contribution in [0.15, 0.2) is 23.3 Å². The zero-order chi connectivity index (χ0) is 17.4. The maximum atomic E-state index is 5.61. The summed E-state index contributed by atoms with van der Waals surface area (Å²) in [6.45, 7) is 8.63. The highest BCUT2D eigenvalue weighted by atomic mass is 127. The van der Waals surface area contributed by atoms with Crippen LogP contribution >= 0.6 is 24.0 Å². The number of ether oxygens (including phenoxy) is 1. The number of nitrogens with one attached hydrogen (secondary N) is 1. The van der Waals surface area contributed by atoms with Gasteiger partial charge in [-0.15, -0.1) is 24.0 Å². The first-order valence-corrected chi connectivity index (χ1v) is 8.87. The van der Waals surface area contributed by atoms with E-state index in [-0.39, 0.29) is 30.1 Å². The molecule has 142 valence electrons. The Kier molecular flexibility index (Phi) is 10.1. The highest BCUT2D eigenvalue weighted by molar-refractivity contribution is 14.0. The van der Waals surface area contributed by atoms with Crippen molar-refractivity contribution in [1.29, 1.82) is 0 Å². The molecule has 6 nitrogen and oxygen atoms in total. The van der Waals surface area contributed by atoms with Crippen molar-refractivity contribution >= 4 is 35.8 Å². The summed E-state index contributed by atoms with van der Waals surface area (Å²) in [6, 6.07) is 4.21. The second-order valence-electron chi connectivity index (χ2n) is 6.33. The van der Waals surface area contributed by atoms with Crippen molar-refractivity contribution in [2.45, 2.75) is 39.3 Å². The molecular weight excluding hydrogens is 429 g/mol. The molecule has 2 heterocycles. The molecule has 2 rings (SSSR count). The molecule has 25 heavy (non-hydrogen) atoms. The molecule has 0 saturated carbocycles. The predicted molar refractivity (Wildman–Crippen MR) is 115 cm³/mol. The summed E-state index contributed by atoms with van der Waals surface area (Å²) < 4.78 is 5.61. The first-order valence-electron chi connectivity index (χ1n) is 8.87. The number of hydrogen-bond donors (Lipinski definition) is 1. The fraction of sp³-hybridized carbons (Fsp3) is 0.667. The van der Waals surface area contributed by atoms with Gasteiger partial charge in [-0.2, -0.15) is 0 Å². The lowest BCUT2D eigenvalue weighted by molar-refractivity contribution is 0.0529. The van der Waals surface area contributed by atoms with Crippen LogP contribution in [-0.2, 0) is 11.3 Å². The quantitative estimate of drug-likeness (QED) is 0.401. The van der Waals surface area contributed by atoms with E-state index in [0.29, 0.717) is 0 Å². The maximum Gasteiger partial charge on any atom is 0.193 e. The number of pyridine rings is 1. The number of aromatic nitrogens is 1. The van der Waals surface area contributed by atoms with E-state index in [0.717, 1.165) is 44.6 Å². The Morgan fingerprint density at radius 2 is 2.32 bits per heavy atom. The van der Waals surface area contributed by atoms with Crippen molar-refractivity contribution in [1.82, 2.24) is 15.2 Å². The number of anilines is 1. The van der Waals surface area contributed by atoms with Crippen LogP contribution in [0.25, 0.3) is 0 Å². The average Bonchev–Trinajstić information content (AvgIpc) is 2.60. The number of halogens is 1. The Labute approximate surface area is 169 Å². The lowest BCUT2D eigenvalue weighted by Gasteiger charge is -2.32. The van der Waals surface area contributed by atoms with Gasteiger partial charge in [-0.3, -0.25) is 4.99 Å². The Hall–Kier alpha value is -1.09. The lowest BCUT2D eigenvalue weighted by Crippen LogP contribution is -2.41. The highest BCUT2D eigenvalue weighted by Crippen LogP contribution is 2.16. The molecule has 7 heteroatoms. The van der Waals surface area contributed by atoms with E-state index in [1.807, 2.05) is 13.2 Å². The van der Waals surface area contributed by atoms with Crippen LogP contribution in [0, 0.1) is 0 Å². The van der Waals surface area contributed by atoms with Crippen molar-refractivity contribution in [3.05, 3.63) is 23.9 Å². The molecule has 1 aromatic heterocycles. The molecule has 1 unspecified atom stereocenters. The fourth-order valence-electron chi connectivity index (χ4n) is 2.84. The molecule has 1 aliphatic rings. The summed E-state index contributed by atoms with van der Waals surface area (Å²) in [4.78, 5) is 13.4. The molecular formula is C18H32IN5O. The third kappa shape index (κ3) is 6.97. The summed E-state index contributed by atoms with van der Waals surface area (Å²) >= 11 is 0. The highest BCUT2D eigenvalue weighted by Gasteiger charge is 2.18. The van der Waals surface area contributed by atoms with E-state index in [9.17, 15) is 0 Å². The van der Waals surface area contributed by atoms with Gasteiger partial charge in [-0.05, 0) is 31.0 Å². The van der Waals surface area contributed by atoms with E-state index in [1.54, 1.807) is 0 Å². The first-order chi connectivity index (χ1) is 11.6. The number of rotatable bonds is 6. The standard InChI is InChI=1S/C18H31N5O.HI/c1-5-6-9-22(4)18(19-3)21-13-16-7-8-20-17(12-16)23-10-11-24-15(2)14-23;/h7-8,12,15H,5-6,9-11,13-14H2,1-4H3,(H,19,21);1H. The molecule has 1 N–H and O–H groups in total. The molecule has 1 aliphatic heterocycles. The minimum Gasteiger partial charge on any atom is -0.375 e. The number of morpholine rings is 1. The molecule has 0 aromatic carbocycles. The van der Waals surface area contributed by atoms with Crippen molar-refractivity contribution in [2.75, 3.05) is 45.2 Å². The summed E-state index contributed by atoms with van der Waals surface area (Å²) in [5, 5.41) is 3.44. The summed E-state index contributed by atoms with van der Waals surface area (Å²) in [6.07, 6.45) is 4.50. The van der Waals surface area contributed by atoms with Gasteiger partial charge in [0.05, 0.1) is 12.7 Å². The second-order valence-corrected chi connectivity index (χ2v) is 6.33. The van der Waals surface area contributed by atoms with E-state index in [1.165, 1.54) is 18.4 Å². The molecule has 0 aliphatic carbocycles. The van der Waals surface area contributed by atoms with Gasteiger partial charge in [-0.1, -0.05) is 13.3 Å². The van der Waals surface area contributed by atoms with Gasteiger partial charge < -0.3 is 19.9 Å². The number of nitrogens with zero attached hydrogens (tertiary/aromatic N) is 4. The van der Waals surface area contributed by atoms with Crippen LogP contribution in [0.3, 0.4) is 0 Å². The molecule has 1 aromatic rings. The van der Waals surface area contributed by atoms with Crippen molar-refractivity contribution < 1.29 is 4.74 Å². The van der Waals surface area contributed by atoms with Crippen LogP contribution in [0.4, 0.5) is 5.82 Å². The van der Waals surface area contributed by atoms with Gasteiger partial charge in [0, 0.05) is 46.5 Å². The Bertz CT molecular complexity index is 540. The van der Waals surface area contributed by atoms with Crippen molar-refractivity contribution in [2.24, 2.45) is 4.99 Å². The van der Waals surface area contributed by atoms with Crippen LogP contribution in [-0.4, -0.2) is 62.3 Å². The van der Waals surface area contributed by atoms with Gasteiger partial charge >= 0.3 is 0 Å². The van der Waals surface area contributed by atoms with E-state index < -0.39 is 0 Å². The van der Waals surface area contributed by atoms with Crippen molar-refractivity contribution in [3.8, 4) is 0 Å².